The van der Waals surface area contributed by atoms with E-state index in [4.69, 9.17) is 10.5 Å². The number of carboxylic acid groups (broad SMARTS) is 1. The zero-order valence-electron chi connectivity index (χ0n) is 31.3. The lowest BCUT2D eigenvalue weighted by atomic mass is 10.0. The van der Waals surface area contributed by atoms with E-state index in [9.17, 15) is 19.5 Å². The first-order valence-electron chi connectivity index (χ1n) is 20.2. The molecule has 0 aliphatic carbocycles. The number of amides is 1. The molecule has 280 valence electrons. The van der Waals surface area contributed by atoms with Crippen LogP contribution in [-0.4, -0.2) is 41.6 Å². The Morgan fingerprint density at radius 2 is 1.08 bits per heavy atom. The summed E-state index contributed by atoms with van der Waals surface area (Å²) in [5, 5.41) is 11.9. The van der Waals surface area contributed by atoms with Crippen LogP contribution < -0.4 is 11.1 Å². The molecule has 0 spiro atoms. The number of carbonyl (C=O) groups excluding carboxylic acids is 2. The molecule has 0 aromatic heterocycles. The number of hydrogen-bond acceptors (Lipinski definition) is 5. The van der Waals surface area contributed by atoms with Crippen molar-refractivity contribution in [3.63, 3.8) is 0 Å². The van der Waals surface area contributed by atoms with Gasteiger partial charge < -0.3 is 20.9 Å². The predicted octanol–water partition coefficient (Wildman–Crippen LogP) is 10.9. The number of esters is 1. The fraction of sp³-hybridized carbons (Fsp3) is 0.829. The monoisotopic (exact) mass is 677 g/mol. The van der Waals surface area contributed by atoms with Crippen LogP contribution in [0.1, 0.15) is 200 Å². The maximum absolute atomic E-state index is 12.7. The van der Waals surface area contributed by atoms with Crippen molar-refractivity contribution >= 4 is 17.8 Å². The molecular formula is C41H76N2O5. The van der Waals surface area contributed by atoms with Crippen LogP contribution in [0.4, 0.5) is 0 Å². The summed E-state index contributed by atoms with van der Waals surface area (Å²) in [7, 11) is 0. The molecule has 0 aromatic rings. The van der Waals surface area contributed by atoms with Gasteiger partial charge in [-0.05, 0) is 89.7 Å². The molecule has 7 heteroatoms. The highest BCUT2D eigenvalue weighted by Crippen LogP contribution is 2.16. The topological polar surface area (TPSA) is 119 Å². The molecule has 2 unspecified atom stereocenters. The molecule has 0 aliphatic heterocycles. The van der Waals surface area contributed by atoms with E-state index >= 15 is 0 Å². The van der Waals surface area contributed by atoms with Crippen molar-refractivity contribution < 1.29 is 24.2 Å². The van der Waals surface area contributed by atoms with Crippen molar-refractivity contribution in [1.82, 2.24) is 5.32 Å². The number of carbonyl (C=O) groups is 3. The molecule has 2 atom stereocenters. The number of hydrogen-bond donors (Lipinski definition) is 3. The molecule has 7 nitrogen and oxygen atoms in total. The highest BCUT2D eigenvalue weighted by Gasteiger charge is 2.18. The first-order valence-corrected chi connectivity index (χ1v) is 20.2. The van der Waals surface area contributed by atoms with Gasteiger partial charge in [0.2, 0.25) is 5.91 Å². The lowest BCUT2D eigenvalue weighted by molar-refractivity contribution is -0.147. The van der Waals surface area contributed by atoms with Gasteiger partial charge >= 0.3 is 11.9 Å². The molecule has 4 N–H and O–H groups in total. The van der Waals surface area contributed by atoms with E-state index in [1.165, 1.54) is 96.3 Å². The summed E-state index contributed by atoms with van der Waals surface area (Å²) in [5.41, 5.74) is 5.47. The number of rotatable bonds is 36. The predicted molar refractivity (Wildman–Crippen MR) is 202 cm³/mol. The zero-order chi connectivity index (χ0) is 35.3. The van der Waals surface area contributed by atoms with Crippen LogP contribution in [0.3, 0.4) is 0 Å². The Labute approximate surface area is 295 Å². The molecule has 0 heterocycles. The van der Waals surface area contributed by atoms with Crippen molar-refractivity contribution in [1.29, 1.82) is 0 Å². The summed E-state index contributed by atoms with van der Waals surface area (Å²) in [6.07, 6.45) is 39.5. The Hall–Kier alpha value is -2.15. The summed E-state index contributed by atoms with van der Waals surface area (Å²) >= 11 is 0. The summed E-state index contributed by atoms with van der Waals surface area (Å²) in [4.78, 5) is 36.1. The number of ether oxygens (including phenoxy) is 1. The van der Waals surface area contributed by atoms with Crippen molar-refractivity contribution in [2.24, 2.45) is 5.73 Å². The smallest absolute Gasteiger partial charge is 0.326 e. The van der Waals surface area contributed by atoms with Crippen LogP contribution in [0, 0.1) is 0 Å². The molecule has 0 saturated carbocycles. The fourth-order valence-corrected chi connectivity index (χ4v) is 5.88. The second-order valence-corrected chi connectivity index (χ2v) is 13.7. The van der Waals surface area contributed by atoms with Gasteiger partial charge in [0, 0.05) is 12.8 Å². The quantitative estimate of drug-likeness (QED) is 0.0345. The van der Waals surface area contributed by atoms with Gasteiger partial charge in [0.25, 0.3) is 0 Å². The number of allylic oxidation sites excluding steroid dienone is 3. The Morgan fingerprint density at radius 3 is 1.65 bits per heavy atom. The van der Waals surface area contributed by atoms with Gasteiger partial charge in [0.15, 0.2) is 0 Å². The minimum absolute atomic E-state index is 0.0679. The average Bonchev–Trinajstić information content (AvgIpc) is 3.07. The molecule has 0 radical (unpaired) electrons. The SMILES string of the molecule is CCCCCC/C=C\CCCCCCCC(=O)OC(/C=C\CCCCCCCC)CCCCCCCCC(=O)NC(CCCN)C(=O)O. The van der Waals surface area contributed by atoms with Crippen LogP contribution >= 0.6 is 0 Å². The van der Waals surface area contributed by atoms with Crippen molar-refractivity contribution in [2.45, 2.75) is 212 Å². The van der Waals surface area contributed by atoms with Crippen LogP contribution in [0.5, 0.6) is 0 Å². The number of carboxylic acids is 1. The van der Waals surface area contributed by atoms with Crippen LogP contribution in [-0.2, 0) is 19.1 Å². The van der Waals surface area contributed by atoms with Crippen molar-refractivity contribution in [3.05, 3.63) is 24.3 Å². The Morgan fingerprint density at radius 1 is 0.604 bits per heavy atom. The molecular weight excluding hydrogens is 600 g/mol. The Balaban J connectivity index is 4.28. The Kier molecular flexibility index (Phi) is 34.5. The first-order chi connectivity index (χ1) is 23.4. The molecule has 1 amide bonds. The Bertz CT molecular complexity index is 813. The van der Waals surface area contributed by atoms with Crippen LogP contribution in [0.15, 0.2) is 24.3 Å². The largest absolute Gasteiger partial charge is 0.480 e. The minimum Gasteiger partial charge on any atom is -0.480 e. The van der Waals surface area contributed by atoms with Gasteiger partial charge in [-0.2, -0.15) is 0 Å². The maximum Gasteiger partial charge on any atom is 0.326 e. The number of nitrogens with two attached hydrogens (primary N) is 1. The number of nitrogens with one attached hydrogen (secondary N) is 1. The molecule has 48 heavy (non-hydrogen) atoms. The molecule has 0 aromatic carbocycles. The molecule has 0 bridgehead atoms. The maximum atomic E-state index is 12.7. The third-order valence-electron chi connectivity index (χ3n) is 8.97. The third-order valence-corrected chi connectivity index (χ3v) is 8.97. The average molecular weight is 677 g/mol. The van der Waals surface area contributed by atoms with Gasteiger partial charge in [0.05, 0.1) is 0 Å². The summed E-state index contributed by atoms with van der Waals surface area (Å²) in [5.74, 6) is -1.27. The fourth-order valence-electron chi connectivity index (χ4n) is 5.88. The second kappa shape index (κ2) is 36.1. The van der Waals surface area contributed by atoms with Gasteiger partial charge in [-0.25, -0.2) is 4.79 Å². The number of unbranched alkanes of at least 4 members (excludes halogenated alkanes) is 20. The number of aliphatic carboxylic acids is 1. The standard InChI is InChI=1S/C41H76N2O5/c1-3-5-7-9-11-13-14-15-16-17-19-25-29-35-40(45)48-37(31-26-22-18-12-10-8-6-4-2)32-27-23-20-21-24-28-34-39(44)43-38(41(46)47)33-30-36-42/h13-14,26,31,37-38H,3-12,15-25,27-30,32-36,42H2,1-2H3,(H,43,44)(H,46,47)/b14-13-,31-26-. The highest BCUT2D eigenvalue weighted by atomic mass is 16.5. The van der Waals surface area contributed by atoms with E-state index in [0.717, 1.165) is 64.2 Å². The van der Waals surface area contributed by atoms with E-state index in [2.05, 4.69) is 43.5 Å². The normalized spacial score (nSPS) is 12.9. The van der Waals surface area contributed by atoms with Crippen LogP contribution in [0.25, 0.3) is 0 Å². The molecule has 0 fully saturated rings. The van der Waals surface area contributed by atoms with E-state index in [0.29, 0.717) is 32.2 Å². The van der Waals surface area contributed by atoms with E-state index in [1.807, 2.05) is 0 Å². The summed E-state index contributed by atoms with van der Waals surface area (Å²) < 4.78 is 5.93. The highest BCUT2D eigenvalue weighted by molar-refractivity contribution is 5.83. The summed E-state index contributed by atoms with van der Waals surface area (Å²) in [6.45, 7) is 4.91. The zero-order valence-corrected chi connectivity index (χ0v) is 31.3. The van der Waals surface area contributed by atoms with Gasteiger partial charge in [-0.3, -0.25) is 9.59 Å². The first kappa shape index (κ1) is 45.9. The lowest BCUT2D eigenvalue weighted by Crippen LogP contribution is -2.40. The van der Waals surface area contributed by atoms with Gasteiger partial charge in [-0.15, -0.1) is 0 Å². The molecule has 0 aliphatic rings. The van der Waals surface area contributed by atoms with E-state index < -0.39 is 12.0 Å². The van der Waals surface area contributed by atoms with Crippen molar-refractivity contribution in [3.8, 4) is 0 Å². The molecule has 0 rings (SSSR count). The lowest BCUT2D eigenvalue weighted by Gasteiger charge is -2.15. The van der Waals surface area contributed by atoms with Crippen molar-refractivity contribution in [2.75, 3.05) is 6.54 Å². The minimum atomic E-state index is -1.00. The van der Waals surface area contributed by atoms with Crippen LogP contribution in [0.2, 0.25) is 0 Å². The third kappa shape index (κ3) is 32.4. The van der Waals surface area contributed by atoms with Gasteiger partial charge in [0.1, 0.15) is 12.1 Å². The van der Waals surface area contributed by atoms with E-state index in [-0.39, 0.29) is 18.0 Å². The second-order valence-electron chi connectivity index (χ2n) is 13.7. The summed E-state index contributed by atoms with van der Waals surface area (Å²) in [6, 6.07) is -0.852. The van der Waals surface area contributed by atoms with Gasteiger partial charge in [-0.1, -0.05) is 128 Å². The molecule has 0 saturated heterocycles. The van der Waals surface area contributed by atoms with E-state index in [1.54, 1.807) is 0 Å².